The van der Waals surface area contributed by atoms with Crippen LogP contribution in [-0.2, 0) is 14.8 Å². The number of ether oxygens (including phenoxy) is 2. The Morgan fingerprint density at radius 2 is 1.88 bits per heavy atom. The molecule has 1 unspecified atom stereocenters. The van der Waals surface area contributed by atoms with Gasteiger partial charge in [0.05, 0.1) is 12.7 Å². The average molecular weight is 401 g/mol. The summed E-state index contributed by atoms with van der Waals surface area (Å²) < 4.78 is 101. The second-order valence-corrected chi connectivity index (χ2v) is 8.08. The molecule has 1 fully saturated rings. The van der Waals surface area contributed by atoms with Gasteiger partial charge in [-0.3, -0.25) is 0 Å². The maximum atomic E-state index is 14.2. The van der Waals surface area contributed by atoms with Crippen molar-refractivity contribution in [3.05, 3.63) is 29.3 Å². The number of benzene rings is 1. The molecule has 5 nitrogen and oxygen atoms in total. The monoisotopic (exact) mass is 401 g/mol. The molecule has 3 rings (SSSR count). The Labute approximate surface area is 146 Å². The second-order valence-electron chi connectivity index (χ2n) is 6.27. The molecule has 11 heteroatoms. The van der Waals surface area contributed by atoms with Gasteiger partial charge in [-0.25, -0.2) is 21.9 Å². The fourth-order valence-electron chi connectivity index (χ4n) is 3.43. The van der Waals surface area contributed by atoms with E-state index in [0.717, 1.165) is 12.1 Å². The van der Waals surface area contributed by atoms with Crippen LogP contribution in [0.4, 0.5) is 22.0 Å². The molecule has 26 heavy (non-hydrogen) atoms. The zero-order chi connectivity index (χ0) is 19.1. The normalized spacial score (nSPS) is 26.0. The highest BCUT2D eigenvalue weighted by atomic mass is 32.2. The lowest BCUT2D eigenvalue weighted by molar-refractivity contribution is -0.106. The van der Waals surface area contributed by atoms with Gasteiger partial charge < -0.3 is 9.47 Å². The van der Waals surface area contributed by atoms with E-state index in [0.29, 0.717) is 6.42 Å². The van der Waals surface area contributed by atoms with Crippen LogP contribution in [0.5, 0.6) is 5.75 Å². The van der Waals surface area contributed by atoms with Gasteiger partial charge in [-0.1, -0.05) is 0 Å². The average Bonchev–Trinajstić information content (AvgIpc) is 2.53. The molecule has 0 amide bonds. The molecule has 0 radical (unpaired) electrons. The van der Waals surface area contributed by atoms with Gasteiger partial charge in [-0.05, 0) is 18.6 Å². The summed E-state index contributed by atoms with van der Waals surface area (Å²) in [7, 11) is -4.58. The summed E-state index contributed by atoms with van der Waals surface area (Å²) in [6.45, 7) is -0.318. The molecule has 0 bridgehead atoms. The van der Waals surface area contributed by atoms with E-state index in [9.17, 15) is 30.4 Å². The molecule has 146 valence electrons. The Morgan fingerprint density at radius 3 is 2.58 bits per heavy atom. The summed E-state index contributed by atoms with van der Waals surface area (Å²) in [6.07, 6.45) is -5.31. The molecule has 1 aromatic rings. The first-order chi connectivity index (χ1) is 12.1. The van der Waals surface area contributed by atoms with Gasteiger partial charge >= 0.3 is 6.18 Å². The molecule has 0 aromatic heterocycles. The topological polar surface area (TPSA) is 64.6 Å². The van der Waals surface area contributed by atoms with Crippen molar-refractivity contribution in [1.82, 2.24) is 4.72 Å². The van der Waals surface area contributed by atoms with Crippen LogP contribution in [0.15, 0.2) is 12.1 Å². The van der Waals surface area contributed by atoms with Gasteiger partial charge in [0.15, 0.2) is 17.3 Å². The molecule has 2 heterocycles. The fourth-order valence-corrected chi connectivity index (χ4v) is 4.38. The van der Waals surface area contributed by atoms with Crippen molar-refractivity contribution in [2.24, 2.45) is 5.92 Å². The Kier molecular flexibility index (Phi) is 5.15. The maximum Gasteiger partial charge on any atom is 0.404 e. The summed E-state index contributed by atoms with van der Waals surface area (Å²) in [5.74, 6) is -4.51. The minimum absolute atomic E-state index is 0.0519. The first kappa shape index (κ1) is 19.3. The number of sulfonamides is 1. The number of alkyl halides is 3. The number of rotatable bonds is 4. The molecule has 2 aliphatic heterocycles. The van der Waals surface area contributed by atoms with Crippen molar-refractivity contribution in [2.45, 2.75) is 24.6 Å². The number of halogens is 5. The SMILES string of the molecule is O=S(=O)(CC(F)(F)F)NC[C@@H]1OCCC2c3c(F)ccc(F)c3OC[C@H]21. The minimum Gasteiger partial charge on any atom is -0.490 e. The van der Waals surface area contributed by atoms with Crippen molar-refractivity contribution in [3.63, 3.8) is 0 Å². The summed E-state index contributed by atoms with van der Waals surface area (Å²) in [6, 6.07) is 1.94. The van der Waals surface area contributed by atoms with Crippen LogP contribution >= 0.6 is 0 Å². The summed E-state index contributed by atoms with van der Waals surface area (Å²) in [5.41, 5.74) is 0.0627. The van der Waals surface area contributed by atoms with Crippen molar-refractivity contribution >= 4 is 10.0 Å². The van der Waals surface area contributed by atoms with Gasteiger partial charge in [0.25, 0.3) is 0 Å². The fraction of sp³-hybridized carbons (Fsp3) is 0.600. The highest BCUT2D eigenvalue weighted by molar-refractivity contribution is 7.89. The van der Waals surface area contributed by atoms with Gasteiger partial charge in [-0.2, -0.15) is 13.2 Å². The van der Waals surface area contributed by atoms with Crippen molar-refractivity contribution in [1.29, 1.82) is 0 Å². The summed E-state index contributed by atoms with van der Waals surface area (Å²) in [4.78, 5) is 0. The Balaban J connectivity index is 1.75. The lowest BCUT2D eigenvalue weighted by Gasteiger charge is -2.42. The molecule has 1 saturated heterocycles. The first-order valence-electron chi connectivity index (χ1n) is 7.84. The largest absolute Gasteiger partial charge is 0.490 e. The molecule has 2 aliphatic rings. The highest BCUT2D eigenvalue weighted by Gasteiger charge is 2.43. The standard InChI is InChI=1S/C15H16F5NO4S/c16-10-1-2-11(17)14-13(10)8-3-4-24-12(9(8)6-25-14)5-21-26(22,23)7-15(18,19)20/h1-2,8-9,12,21H,3-7H2/t8?,9-,12+/m1/s1. The molecule has 1 N–H and O–H groups in total. The van der Waals surface area contributed by atoms with E-state index in [4.69, 9.17) is 9.47 Å². The van der Waals surface area contributed by atoms with Crippen LogP contribution in [0.3, 0.4) is 0 Å². The first-order valence-corrected chi connectivity index (χ1v) is 9.49. The predicted octanol–water partition coefficient (Wildman–Crippen LogP) is 2.33. The third-order valence-corrected chi connectivity index (χ3v) is 5.81. The number of fused-ring (bicyclic) bond motifs is 3. The smallest absolute Gasteiger partial charge is 0.404 e. The molecule has 0 aliphatic carbocycles. The van der Waals surface area contributed by atoms with Crippen molar-refractivity contribution < 1.29 is 39.8 Å². The Hall–Kier alpha value is -1.46. The van der Waals surface area contributed by atoms with Crippen LogP contribution in [0.1, 0.15) is 17.9 Å². The number of nitrogens with one attached hydrogen (secondary N) is 1. The van der Waals surface area contributed by atoms with E-state index in [1.165, 1.54) is 0 Å². The molecule has 3 atom stereocenters. The quantitative estimate of drug-likeness (QED) is 0.787. The number of hydrogen-bond donors (Lipinski definition) is 1. The van der Waals surface area contributed by atoms with Crippen molar-refractivity contribution in [2.75, 3.05) is 25.5 Å². The highest BCUT2D eigenvalue weighted by Crippen LogP contribution is 2.45. The third kappa shape index (κ3) is 4.09. The summed E-state index contributed by atoms with van der Waals surface area (Å²) in [5, 5.41) is 0. The van der Waals surface area contributed by atoms with E-state index in [-0.39, 0.29) is 24.5 Å². The van der Waals surface area contributed by atoms with E-state index in [2.05, 4.69) is 0 Å². The lowest BCUT2D eigenvalue weighted by Crippen LogP contribution is -2.48. The van der Waals surface area contributed by atoms with Gasteiger partial charge in [-0.15, -0.1) is 0 Å². The van der Waals surface area contributed by atoms with Crippen molar-refractivity contribution in [3.8, 4) is 5.75 Å². The van der Waals surface area contributed by atoms with E-state index in [1.807, 2.05) is 4.72 Å². The number of hydrogen-bond acceptors (Lipinski definition) is 4. The molecule has 0 saturated carbocycles. The van der Waals surface area contributed by atoms with Gasteiger partial charge in [0, 0.05) is 30.6 Å². The summed E-state index contributed by atoms with van der Waals surface area (Å²) >= 11 is 0. The van der Waals surface area contributed by atoms with Crippen LogP contribution in [0.25, 0.3) is 0 Å². The van der Waals surface area contributed by atoms with E-state index in [1.54, 1.807) is 0 Å². The maximum absolute atomic E-state index is 14.2. The van der Waals surface area contributed by atoms with Crippen LogP contribution in [-0.4, -0.2) is 46.2 Å². The molecule has 0 spiro atoms. The molecular formula is C15H16F5NO4S. The van der Waals surface area contributed by atoms with Crippen LogP contribution in [0, 0.1) is 17.6 Å². The Morgan fingerprint density at radius 1 is 1.19 bits per heavy atom. The zero-order valence-corrected chi connectivity index (χ0v) is 14.2. The van der Waals surface area contributed by atoms with Crippen LogP contribution in [0.2, 0.25) is 0 Å². The third-order valence-electron chi connectivity index (χ3n) is 4.50. The van der Waals surface area contributed by atoms with E-state index >= 15 is 0 Å². The second kappa shape index (κ2) is 6.93. The van der Waals surface area contributed by atoms with Gasteiger partial charge in [0.2, 0.25) is 10.0 Å². The van der Waals surface area contributed by atoms with Gasteiger partial charge in [0.1, 0.15) is 5.82 Å². The lowest BCUT2D eigenvalue weighted by atomic mass is 9.77. The minimum atomic E-state index is -4.87. The van der Waals surface area contributed by atoms with E-state index < -0.39 is 58.1 Å². The van der Waals surface area contributed by atoms with Crippen LogP contribution < -0.4 is 9.46 Å². The zero-order valence-electron chi connectivity index (χ0n) is 13.4. The molecule has 1 aromatic carbocycles. The molecular weight excluding hydrogens is 385 g/mol. The Bertz CT molecular complexity index is 783. The predicted molar refractivity (Wildman–Crippen MR) is 80.3 cm³/mol.